The number of halogens is 1. The van der Waals surface area contributed by atoms with Crippen molar-refractivity contribution in [1.82, 2.24) is 0 Å². The van der Waals surface area contributed by atoms with E-state index in [4.69, 9.17) is 4.74 Å². The van der Waals surface area contributed by atoms with Crippen LogP contribution in [0.4, 0.5) is 0 Å². The standard InChI is InChI=1S/C13H11BrO2S/c1-2-16-13(15)10-8-11(14)17-12(10)9-6-4-3-5-7-9/h3-8H,2H2,1H3. The van der Waals surface area contributed by atoms with Crippen molar-refractivity contribution in [2.75, 3.05) is 6.61 Å². The lowest BCUT2D eigenvalue weighted by molar-refractivity contribution is 0.0528. The first kappa shape index (κ1) is 12.3. The van der Waals surface area contributed by atoms with Crippen LogP contribution in [0.3, 0.4) is 0 Å². The van der Waals surface area contributed by atoms with Gasteiger partial charge in [-0.1, -0.05) is 30.3 Å². The lowest BCUT2D eigenvalue weighted by Gasteiger charge is -2.03. The maximum absolute atomic E-state index is 11.8. The smallest absolute Gasteiger partial charge is 0.339 e. The van der Waals surface area contributed by atoms with Gasteiger partial charge in [-0.05, 0) is 34.5 Å². The van der Waals surface area contributed by atoms with E-state index in [1.807, 2.05) is 43.3 Å². The molecule has 0 spiro atoms. The molecule has 1 aromatic carbocycles. The van der Waals surface area contributed by atoms with Gasteiger partial charge in [-0.25, -0.2) is 4.79 Å². The zero-order chi connectivity index (χ0) is 12.3. The summed E-state index contributed by atoms with van der Waals surface area (Å²) < 4.78 is 5.98. The highest BCUT2D eigenvalue weighted by Gasteiger charge is 2.17. The molecule has 0 amide bonds. The van der Waals surface area contributed by atoms with Crippen LogP contribution >= 0.6 is 27.3 Å². The number of esters is 1. The number of carbonyl (C=O) groups excluding carboxylic acids is 1. The van der Waals surface area contributed by atoms with Gasteiger partial charge >= 0.3 is 5.97 Å². The molecule has 0 saturated heterocycles. The molecular formula is C13H11BrO2S. The predicted molar refractivity (Wildman–Crippen MR) is 73.4 cm³/mol. The zero-order valence-corrected chi connectivity index (χ0v) is 11.7. The van der Waals surface area contributed by atoms with E-state index in [0.717, 1.165) is 14.2 Å². The molecule has 0 radical (unpaired) electrons. The van der Waals surface area contributed by atoms with Crippen LogP contribution in [-0.4, -0.2) is 12.6 Å². The SMILES string of the molecule is CCOC(=O)c1cc(Br)sc1-c1ccccc1. The summed E-state index contributed by atoms with van der Waals surface area (Å²) in [5, 5.41) is 0. The molecular weight excluding hydrogens is 300 g/mol. The molecule has 0 unspecified atom stereocenters. The van der Waals surface area contributed by atoms with Gasteiger partial charge in [-0.15, -0.1) is 11.3 Å². The molecule has 4 heteroatoms. The van der Waals surface area contributed by atoms with Gasteiger partial charge in [0.2, 0.25) is 0 Å². The summed E-state index contributed by atoms with van der Waals surface area (Å²) in [6.45, 7) is 2.20. The minimum atomic E-state index is -0.270. The fourth-order valence-electron chi connectivity index (χ4n) is 1.53. The normalized spacial score (nSPS) is 10.2. The van der Waals surface area contributed by atoms with Crippen molar-refractivity contribution in [2.24, 2.45) is 0 Å². The van der Waals surface area contributed by atoms with Gasteiger partial charge in [0.15, 0.2) is 0 Å². The van der Waals surface area contributed by atoms with Crippen molar-refractivity contribution in [3.8, 4) is 10.4 Å². The van der Waals surface area contributed by atoms with Gasteiger partial charge in [0, 0.05) is 4.88 Å². The van der Waals surface area contributed by atoms with E-state index in [2.05, 4.69) is 15.9 Å². The second-order valence-corrected chi connectivity index (χ2v) is 5.81. The number of ether oxygens (including phenoxy) is 1. The van der Waals surface area contributed by atoms with Crippen LogP contribution < -0.4 is 0 Å². The lowest BCUT2D eigenvalue weighted by Crippen LogP contribution is -2.04. The summed E-state index contributed by atoms with van der Waals surface area (Å²) in [5.74, 6) is -0.270. The molecule has 2 rings (SSSR count). The van der Waals surface area contributed by atoms with Crippen LogP contribution in [0, 0.1) is 0 Å². The monoisotopic (exact) mass is 310 g/mol. The predicted octanol–water partition coefficient (Wildman–Crippen LogP) is 4.35. The Kier molecular flexibility index (Phi) is 3.97. The summed E-state index contributed by atoms with van der Waals surface area (Å²) in [5.41, 5.74) is 1.65. The third-order valence-electron chi connectivity index (χ3n) is 2.23. The van der Waals surface area contributed by atoms with E-state index in [0.29, 0.717) is 12.2 Å². The average molecular weight is 311 g/mol. The van der Waals surface area contributed by atoms with Crippen LogP contribution in [0.5, 0.6) is 0 Å². The minimum Gasteiger partial charge on any atom is -0.462 e. The van der Waals surface area contributed by atoms with Gasteiger partial charge in [-0.3, -0.25) is 0 Å². The molecule has 1 aromatic heterocycles. The second-order valence-electron chi connectivity index (χ2n) is 3.38. The number of thiophene rings is 1. The first-order chi connectivity index (χ1) is 8.22. The number of carbonyl (C=O) groups is 1. The Morgan fingerprint density at radius 3 is 2.71 bits per heavy atom. The Labute approximate surface area is 112 Å². The van der Waals surface area contributed by atoms with E-state index >= 15 is 0 Å². The number of benzene rings is 1. The number of hydrogen-bond acceptors (Lipinski definition) is 3. The third kappa shape index (κ3) is 2.76. The minimum absolute atomic E-state index is 0.270. The van der Waals surface area contributed by atoms with Crippen molar-refractivity contribution < 1.29 is 9.53 Å². The summed E-state index contributed by atoms with van der Waals surface area (Å²) in [6.07, 6.45) is 0. The molecule has 2 aromatic rings. The molecule has 0 aliphatic heterocycles. The fraction of sp³-hybridized carbons (Fsp3) is 0.154. The number of rotatable bonds is 3. The maximum Gasteiger partial charge on any atom is 0.339 e. The topological polar surface area (TPSA) is 26.3 Å². The van der Waals surface area contributed by atoms with Gasteiger partial charge in [0.05, 0.1) is 16.0 Å². The van der Waals surface area contributed by atoms with Crippen molar-refractivity contribution in [1.29, 1.82) is 0 Å². The maximum atomic E-state index is 11.8. The van der Waals surface area contributed by atoms with E-state index in [9.17, 15) is 4.79 Å². The van der Waals surface area contributed by atoms with Crippen molar-refractivity contribution in [3.05, 3.63) is 45.7 Å². The molecule has 0 aliphatic carbocycles. The third-order valence-corrected chi connectivity index (χ3v) is 3.92. The Bertz CT molecular complexity index is 519. The summed E-state index contributed by atoms with van der Waals surface area (Å²) in [4.78, 5) is 12.8. The van der Waals surface area contributed by atoms with Gasteiger partial charge in [-0.2, -0.15) is 0 Å². The van der Waals surface area contributed by atoms with Crippen molar-refractivity contribution in [2.45, 2.75) is 6.92 Å². The second kappa shape index (κ2) is 5.47. The summed E-state index contributed by atoms with van der Waals surface area (Å²) in [7, 11) is 0. The van der Waals surface area contributed by atoms with E-state index < -0.39 is 0 Å². The van der Waals surface area contributed by atoms with E-state index in [1.165, 1.54) is 11.3 Å². The van der Waals surface area contributed by atoms with Crippen molar-refractivity contribution in [3.63, 3.8) is 0 Å². The van der Waals surface area contributed by atoms with Crippen LogP contribution in [-0.2, 0) is 4.74 Å². The molecule has 88 valence electrons. The molecule has 1 heterocycles. The first-order valence-electron chi connectivity index (χ1n) is 5.24. The Balaban J connectivity index is 2.44. The van der Waals surface area contributed by atoms with Crippen LogP contribution in [0.1, 0.15) is 17.3 Å². The lowest BCUT2D eigenvalue weighted by atomic mass is 10.1. The highest BCUT2D eigenvalue weighted by molar-refractivity contribution is 9.11. The van der Waals surface area contributed by atoms with Gasteiger partial charge in [0.1, 0.15) is 0 Å². The first-order valence-corrected chi connectivity index (χ1v) is 6.85. The molecule has 0 aliphatic rings. The fourth-order valence-corrected chi connectivity index (χ4v) is 3.12. The molecule has 0 saturated carbocycles. The van der Waals surface area contributed by atoms with Crippen molar-refractivity contribution >= 4 is 33.2 Å². The van der Waals surface area contributed by atoms with Crippen LogP contribution in [0.25, 0.3) is 10.4 Å². The highest BCUT2D eigenvalue weighted by Crippen LogP contribution is 2.35. The van der Waals surface area contributed by atoms with E-state index in [1.54, 1.807) is 0 Å². The van der Waals surface area contributed by atoms with Gasteiger partial charge < -0.3 is 4.74 Å². The largest absolute Gasteiger partial charge is 0.462 e. The Morgan fingerprint density at radius 1 is 1.35 bits per heavy atom. The van der Waals surface area contributed by atoms with Gasteiger partial charge in [0.25, 0.3) is 0 Å². The number of hydrogen-bond donors (Lipinski definition) is 0. The van der Waals surface area contributed by atoms with Crippen LogP contribution in [0.15, 0.2) is 40.2 Å². The average Bonchev–Trinajstić information content (AvgIpc) is 2.73. The molecule has 2 nitrogen and oxygen atoms in total. The Morgan fingerprint density at radius 2 is 2.06 bits per heavy atom. The quantitative estimate of drug-likeness (QED) is 0.788. The summed E-state index contributed by atoms with van der Waals surface area (Å²) in [6, 6.07) is 11.7. The van der Waals surface area contributed by atoms with Crippen LogP contribution in [0.2, 0.25) is 0 Å². The molecule has 17 heavy (non-hydrogen) atoms. The highest BCUT2D eigenvalue weighted by atomic mass is 79.9. The molecule has 0 bridgehead atoms. The zero-order valence-electron chi connectivity index (χ0n) is 9.27. The molecule has 0 N–H and O–H groups in total. The summed E-state index contributed by atoms with van der Waals surface area (Å²) >= 11 is 4.95. The molecule has 0 fully saturated rings. The molecule has 0 atom stereocenters. The van der Waals surface area contributed by atoms with E-state index in [-0.39, 0.29) is 5.97 Å². The Hall–Kier alpha value is -1.13.